The maximum atomic E-state index is 12.1. The van der Waals surface area contributed by atoms with Crippen LogP contribution in [0.1, 0.15) is 44.8 Å². The maximum absolute atomic E-state index is 12.1. The van der Waals surface area contributed by atoms with Crippen LogP contribution in [-0.4, -0.2) is 25.2 Å². The predicted molar refractivity (Wildman–Crippen MR) is 76.6 cm³/mol. The van der Waals surface area contributed by atoms with Crippen LogP contribution in [0.2, 0.25) is 0 Å². The highest BCUT2D eigenvalue weighted by Gasteiger charge is 2.24. The van der Waals surface area contributed by atoms with E-state index in [4.69, 9.17) is 5.73 Å². The molecule has 0 radical (unpaired) electrons. The highest BCUT2D eigenvalue weighted by atomic mass is 32.2. The second kappa shape index (κ2) is 5.67. The summed E-state index contributed by atoms with van der Waals surface area (Å²) in [4.78, 5) is 4.42. The van der Waals surface area contributed by atoms with E-state index in [1.807, 2.05) is 5.38 Å². The van der Waals surface area contributed by atoms with Gasteiger partial charge in [0.1, 0.15) is 10.8 Å². The van der Waals surface area contributed by atoms with Gasteiger partial charge in [0.15, 0.2) is 9.84 Å². The molecule has 0 aliphatic carbocycles. The zero-order valence-electron chi connectivity index (χ0n) is 11.4. The molecule has 1 unspecified atom stereocenters. The van der Waals surface area contributed by atoms with Crippen LogP contribution in [-0.2, 0) is 21.0 Å². The first-order valence-corrected chi connectivity index (χ1v) is 8.63. The lowest BCUT2D eigenvalue weighted by Crippen LogP contribution is -2.23. The summed E-state index contributed by atoms with van der Waals surface area (Å²) in [6, 6.07) is 0. The molecular weight excluding hydrogens is 268 g/mol. The minimum Gasteiger partial charge on any atom is -0.330 e. The molecule has 0 amide bonds. The lowest BCUT2D eigenvalue weighted by atomic mass is 9.93. The third kappa shape index (κ3) is 4.03. The number of aromatic nitrogens is 1. The van der Waals surface area contributed by atoms with E-state index in [0.717, 1.165) is 5.69 Å². The smallest absolute Gasteiger partial charge is 0.159 e. The summed E-state index contributed by atoms with van der Waals surface area (Å²) in [7, 11) is -3.14. The first kappa shape index (κ1) is 15.6. The summed E-state index contributed by atoms with van der Waals surface area (Å²) in [5.74, 6) is 0.0227. The van der Waals surface area contributed by atoms with Crippen molar-refractivity contribution in [2.75, 3.05) is 6.54 Å². The summed E-state index contributed by atoms with van der Waals surface area (Å²) in [5.41, 5.74) is 6.31. The molecule has 1 atom stereocenters. The molecule has 2 N–H and O–H groups in total. The molecular formula is C12H22N2O2S2. The van der Waals surface area contributed by atoms with Gasteiger partial charge >= 0.3 is 0 Å². The van der Waals surface area contributed by atoms with Crippen molar-refractivity contribution in [3.63, 3.8) is 0 Å². The molecule has 6 heteroatoms. The third-order valence-electron chi connectivity index (χ3n) is 2.83. The Hall–Kier alpha value is -0.460. The average Bonchev–Trinajstić information content (AvgIpc) is 2.65. The molecule has 1 rings (SSSR count). The second-order valence-electron chi connectivity index (χ2n) is 5.57. The van der Waals surface area contributed by atoms with E-state index < -0.39 is 15.1 Å². The fourth-order valence-electron chi connectivity index (χ4n) is 1.45. The number of thiazole rings is 1. The van der Waals surface area contributed by atoms with Crippen LogP contribution >= 0.6 is 11.3 Å². The van der Waals surface area contributed by atoms with Gasteiger partial charge in [-0.15, -0.1) is 11.3 Å². The van der Waals surface area contributed by atoms with Crippen molar-refractivity contribution in [3.8, 4) is 0 Å². The van der Waals surface area contributed by atoms with E-state index in [-0.39, 0.29) is 11.2 Å². The molecule has 1 aromatic rings. The number of rotatable bonds is 5. The molecule has 0 spiro atoms. The van der Waals surface area contributed by atoms with Crippen LogP contribution in [0.15, 0.2) is 5.38 Å². The van der Waals surface area contributed by atoms with Gasteiger partial charge in [-0.2, -0.15) is 0 Å². The highest BCUT2D eigenvalue weighted by Crippen LogP contribution is 2.25. The zero-order valence-corrected chi connectivity index (χ0v) is 13.1. The van der Waals surface area contributed by atoms with Crippen molar-refractivity contribution in [3.05, 3.63) is 16.1 Å². The van der Waals surface area contributed by atoms with Gasteiger partial charge in [-0.25, -0.2) is 13.4 Å². The van der Waals surface area contributed by atoms with Gasteiger partial charge in [0.25, 0.3) is 0 Å². The van der Waals surface area contributed by atoms with Crippen LogP contribution in [0.25, 0.3) is 0 Å². The molecule has 0 bridgehead atoms. The van der Waals surface area contributed by atoms with Gasteiger partial charge < -0.3 is 5.73 Å². The van der Waals surface area contributed by atoms with Gasteiger partial charge in [0, 0.05) is 10.8 Å². The minimum absolute atomic E-state index is 0.0227. The number of nitrogens with two attached hydrogens (primary N) is 1. The Labute approximate surface area is 114 Å². The first-order chi connectivity index (χ1) is 8.16. The molecule has 1 aromatic heterocycles. The number of hydrogen-bond donors (Lipinski definition) is 1. The summed E-state index contributed by atoms with van der Waals surface area (Å²) in [6.45, 7) is 8.30. The summed E-state index contributed by atoms with van der Waals surface area (Å²) < 4.78 is 24.1. The van der Waals surface area contributed by atoms with Crippen molar-refractivity contribution in [2.24, 2.45) is 5.73 Å². The van der Waals surface area contributed by atoms with Crippen molar-refractivity contribution in [1.29, 1.82) is 0 Å². The quantitative estimate of drug-likeness (QED) is 0.901. The van der Waals surface area contributed by atoms with Gasteiger partial charge in [-0.3, -0.25) is 0 Å². The van der Waals surface area contributed by atoms with E-state index in [2.05, 4.69) is 25.8 Å². The van der Waals surface area contributed by atoms with E-state index in [1.54, 1.807) is 6.92 Å². The van der Waals surface area contributed by atoms with E-state index in [9.17, 15) is 8.42 Å². The molecule has 0 saturated heterocycles. The molecule has 0 fully saturated rings. The van der Waals surface area contributed by atoms with Crippen LogP contribution in [0.4, 0.5) is 0 Å². The van der Waals surface area contributed by atoms with Crippen LogP contribution in [0.5, 0.6) is 0 Å². The predicted octanol–water partition coefficient (Wildman–Crippen LogP) is 2.09. The fourth-order valence-corrected chi connectivity index (χ4v) is 4.21. The Balaban J connectivity index is 2.82. The number of nitrogens with zero attached hydrogens (tertiary/aromatic N) is 1. The molecule has 0 saturated carbocycles. The average molecular weight is 290 g/mol. The van der Waals surface area contributed by atoms with Crippen molar-refractivity contribution in [1.82, 2.24) is 4.98 Å². The largest absolute Gasteiger partial charge is 0.330 e. The zero-order chi connectivity index (χ0) is 14.0. The molecule has 104 valence electrons. The molecule has 0 aromatic carbocycles. The summed E-state index contributed by atoms with van der Waals surface area (Å²) in [6.07, 6.45) is 0.500. The normalized spacial score (nSPS) is 14.7. The monoisotopic (exact) mass is 290 g/mol. The third-order valence-corrected chi connectivity index (χ3v) is 6.00. The maximum Gasteiger partial charge on any atom is 0.159 e. The fraction of sp³-hybridized carbons (Fsp3) is 0.750. The first-order valence-electron chi connectivity index (χ1n) is 6.03. The lowest BCUT2D eigenvalue weighted by Gasteiger charge is -2.14. The summed E-state index contributed by atoms with van der Waals surface area (Å²) >= 11 is 1.42. The minimum atomic E-state index is -3.14. The molecule has 1 heterocycles. The van der Waals surface area contributed by atoms with E-state index in [1.165, 1.54) is 11.3 Å². The Morgan fingerprint density at radius 3 is 2.50 bits per heavy atom. The second-order valence-corrected chi connectivity index (χ2v) is 8.93. The van der Waals surface area contributed by atoms with Crippen LogP contribution < -0.4 is 5.73 Å². The topological polar surface area (TPSA) is 73.1 Å². The van der Waals surface area contributed by atoms with E-state index in [0.29, 0.717) is 18.0 Å². The standard InChI is InChI=1S/C12H22N2O2S2/c1-9(5-6-13)18(15,16)8-11-14-10(7-17-11)12(2,3)4/h7,9H,5-6,8,13H2,1-4H3. The Kier molecular flexibility index (Phi) is 4.91. The van der Waals surface area contributed by atoms with Crippen molar-refractivity contribution in [2.45, 2.75) is 50.5 Å². The van der Waals surface area contributed by atoms with Crippen molar-refractivity contribution >= 4 is 21.2 Å². The molecule has 0 aliphatic rings. The van der Waals surface area contributed by atoms with Crippen LogP contribution in [0.3, 0.4) is 0 Å². The Bertz CT molecular complexity index is 486. The molecule has 0 aliphatic heterocycles. The highest BCUT2D eigenvalue weighted by molar-refractivity contribution is 7.91. The van der Waals surface area contributed by atoms with E-state index >= 15 is 0 Å². The summed E-state index contributed by atoms with van der Waals surface area (Å²) in [5, 5.41) is 2.21. The van der Waals surface area contributed by atoms with Gasteiger partial charge in [0.05, 0.1) is 10.9 Å². The lowest BCUT2D eigenvalue weighted by molar-refractivity contribution is 0.567. The molecule has 18 heavy (non-hydrogen) atoms. The number of sulfone groups is 1. The van der Waals surface area contributed by atoms with Gasteiger partial charge in [0.2, 0.25) is 0 Å². The van der Waals surface area contributed by atoms with Gasteiger partial charge in [-0.1, -0.05) is 20.8 Å². The number of hydrogen-bond acceptors (Lipinski definition) is 5. The van der Waals surface area contributed by atoms with Crippen molar-refractivity contribution < 1.29 is 8.42 Å². The Morgan fingerprint density at radius 1 is 1.44 bits per heavy atom. The molecule has 4 nitrogen and oxygen atoms in total. The van der Waals surface area contributed by atoms with Crippen LogP contribution in [0, 0.1) is 0 Å². The Morgan fingerprint density at radius 2 is 2.06 bits per heavy atom. The SMILES string of the molecule is CC(CCN)S(=O)(=O)Cc1nc(C(C)(C)C)cs1. The van der Waals surface area contributed by atoms with Gasteiger partial charge in [-0.05, 0) is 19.9 Å².